The lowest BCUT2D eigenvalue weighted by atomic mass is 9.97. The van der Waals surface area contributed by atoms with Gasteiger partial charge in [0.15, 0.2) is 6.61 Å². The molecule has 0 aliphatic heterocycles. The molecule has 6 nitrogen and oxygen atoms in total. The van der Waals surface area contributed by atoms with E-state index in [1.165, 1.54) is 0 Å². The van der Waals surface area contributed by atoms with Crippen LogP contribution in [0.2, 0.25) is 0 Å². The number of nitrogens with one attached hydrogen (secondary N) is 1. The standard InChI is InChI=1S/C20H27N3O3/c1-14(2)10-18(17-8-6-5-7-9-17)21-19(24)13-26-20(25)12-23-16(4)11-15(3)22-23/h5-9,11,14,18H,10,12-13H2,1-4H3,(H,21,24). The van der Waals surface area contributed by atoms with Crippen molar-refractivity contribution in [3.05, 3.63) is 53.3 Å². The summed E-state index contributed by atoms with van der Waals surface area (Å²) >= 11 is 0. The number of hydrogen-bond donors (Lipinski definition) is 1. The molecule has 0 bridgehead atoms. The van der Waals surface area contributed by atoms with Crippen molar-refractivity contribution in [2.24, 2.45) is 5.92 Å². The third-order valence-electron chi connectivity index (χ3n) is 3.99. The van der Waals surface area contributed by atoms with E-state index in [1.807, 2.05) is 50.2 Å². The summed E-state index contributed by atoms with van der Waals surface area (Å²) in [5.41, 5.74) is 2.76. The van der Waals surface area contributed by atoms with E-state index in [0.717, 1.165) is 23.4 Å². The molecule has 2 rings (SSSR count). The molecule has 0 saturated heterocycles. The second-order valence-electron chi connectivity index (χ2n) is 6.91. The number of esters is 1. The van der Waals surface area contributed by atoms with E-state index in [0.29, 0.717) is 5.92 Å². The topological polar surface area (TPSA) is 73.2 Å². The molecule has 140 valence electrons. The Labute approximate surface area is 154 Å². The fourth-order valence-electron chi connectivity index (χ4n) is 2.82. The van der Waals surface area contributed by atoms with Crippen LogP contribution in [-0.4, -0.2) is 28.3 Å². The Hall–Kier alpha value is -2.63. The predicted octanol–water partition coefficient (Wildman–Crippen LogP) is 2.95. The first-order valence-corrected chi connectivity index (χ1v) is 8.86. The quantitative estimate of drug-likeness (QED) is 0.737. The molecule has 1 atom stereocenters. The zero-order valence-corrected chi connectivity index (χ0v) is 15.9. The molecule has 0 aliphatic rings. The molecule has 1 N–H and O–H groups in total. The number of carbonyl (C=O) groups is 2. The minimum absolute atomic E-state index is 0.00105. The van der Waals surface area contributed by atoms with Crippen molar-refractivity contribution in [2.75, 3.05) is 6.61 Å². The van der Waals surface area contributed by atoms with Crippen LogP contribution in [0.1, 0.15) is 43.3 Å². The van der Waals surface area contributed by atoms with Crippen LogP contribution in [0.25, 0.3) is 0 Å². The first kappa shape index (κ1) is 19.7. The normalized spacial score (nSPS) is 12.0. The lowest BCUT2D eigenvalue weighted by Gasteiger charge is -2.21. The summed E-state index contributed by atoms with van der Waals surface area (Å²) in [6.45, 7) is 7.66. The van der Waals surface area contributed by atoms with Gasteiger partial charge in [-0.15, -0.1) is 0 Å². The molecule has 0 radical (unpaired) electrons. The van der Waals surface area contributed by atoms with Gasteiger partial charge in [0.05, 0.1) is 11.7 Å². The molecule has 1 aromatic carbocycles. The summed E-state index contributed by atoms with van der Waals surface area (Å²) < 4.78 is 6.67. The van der Waals surface area contributed by atoms with E-state index >= 15 is 0 Å². The van der Waals surface area contributed by atoms with Crippen LogP contribution >= 0.6 is 0 Å². The number of carbonyl (C=O) groups excluding carboxylic acids is 2. The van der Waals surface area contributed by atoms with Crippen molar-refractivity contribution in [3.63, 3.8) is 0 Å². The number of rotatable bonds is 8. The summed E-state index contributed by atoms with van der Waals surface area (Å²) in [7, 11) is 0. The van der Waals surface area contributed by atoms with E-state index in [4.69, 9.17) is 4.74 Å². The first-order valence-electron chi connectivity index (χ1n) is 8.86. The van der Waals surface area contributed by atoms with Crippen LogP contribution < -0.4 is 5.32 Å². The van der Waals surface area contributed by atoms with Crippen LogP contribution in [0.5, 0.6) is 0 Å². The highest BCUT2D eigenvalue weighted by molar-refractivity contribution is 5.80. The van der Waals surface area contributed by atoms with Gasteiger partial charge in [-0.05, 0) is 37.8 Å². The van der Waals surface area contributed by atoms with Gasteiger partial charge in [-0.25, -0.2) is 0 Å². The summed E-state index contributed by atoms with van der Waals surface area (Å²) in [5, 5.41) is 7.17. The molecule has 0 fully saturated rings. The van der Waals surface area contributed by atoms with Crippen LogP contribution in [0.4, 0.5) is 0 Å². The number of ether oxygens (including phenoxy) is 1. The summed E-state index contributed by atoms with van der Waals surface area (Å²) in [5.74, 6) is -0.359. The number of amides is 1. The van der Waals surface area contributed by atoms with Gasteiger partial charge in [0.2, 0.25) is 0 Å². The van der Waals surface area contributed by atoms with Crippen molar-refractivity contribution in [3.8, 4) is 0 Å². The highest BCUT2D eigenvalue weighted by Crippen LogP contribution is 2.20. The second kappa shape index (κ2) is 9.17. The smallest absolute Gasteiger partial charge is 0.328 e. The van der Waals surface area contributed by atoms with Crippen molar-refractivity contribution in [1.82, 2.24) is 15.1 Å². The van der Waals surface area contributed by atoms with Gasteiger partial charge in [0, 0.05) is 5.69 Å². The Bertz CT molecular complexity index is 738. The van der Waals surface area contributed by atoms with Crippen molar-refractivity contribution in [2.45, 2.75) is 46.7 Å². The monoisotopic (exact) mass is 357 g/mol. The Kier molecular flexibility index (Phi) is 6.95. The molecule has 0 aliphatic carbocycles. The minimum atomic E-state index is -0.480. The fourth-order valence-corrected chi connectivity index (χ4v) is 2.82. The Morgan fingerprint density at radius 2 is 1.88 bits per heavy atom. The number of hydrogen-bond acceptors (Lipinski definition) is 4. The number of aromatic nitrogens is 2. The molecule has 0 spiro atoms. The SMILES string of the molecule is Cc1cc(C)n(CC(=O)OCC(=O)NC(CC(C)C)c2ccccc2)n1. The molecule has 1 aromatic heterocycles. The maximum Gasteiger partial charge on any atom is 0.328 e. The van der Waals surface area contributed by atoms with Crippen LogP contribution in [0.15, 0.2) is 36.4 Å². The number of aryl methyl sites for hydroxylation is 2. The van der Waals surface area contributed by atoms with Crippen molar-refractivity contribution in [1.29, 1.82) is 0 Å². The largest absolute Gasteiger partial charge is 0.454 e. The van der Waals surface area contributed by atoms with Crippen molar-refractivity contribution >= 4 is 11.9 Å². The van der Waals surface area contributed by atoms with Gasteiger partial charge in [-0.2, -0.15) is 5.10 Å². The fraction of sp³-hybridized carbons (Fsp3) is 0.450. The third-order valence-corrected chi connectivity index (χ3v) is 3.99. The molecular formula is C20H27N3O3. The van der Waals surface area contributed by atoms with Crippen LogP contribution in [0.3, 0.4) is 0 Å². The van der Waals surface area contributed by atoms with Crippen LogP contribution in [-0.2, 0) is 20.9 Å². The molecule has 1 heterocycles. The number of benzene rings is 1. The van der Waals surface area contributed by atoms with Crippen molar-refractivity contribution < 1.29 is 14.3 Å². The summed E-state index contributed by atoms with van der Waals surface area (Å²) in [4.78, 5) is 24.2. The average Bonchev–Trinajstić information content (AvgIpc) is 2.90. The maximum absolute atomic E-state index is 12.2. The van der Waals surface area contributed by atoms with E-state index in [1.54, 1.807) is 4.68 Å². The zero-order valence-electron chi connectivity index (χ0n) is 15.9. The second-order valence-corrected chi connectivity index (χ2v) is 6.91. The third kappa shape index (κ3) is 6.02. The van der Waals surface area contributed by atoms with Gasteiger partial charge >= 0.3 is 5.97 Å². The molecule has 0 saturated carbocycles. The van der Waals surface area contributed by atoms with Gasteiger partial charge in [-0.3, -0.25) is 14.3 Å². The molecule has 26 heavy (non-hydrogen) atoms. The Morgan fingerprint density at radius 3 is 2.46 bits per heavy atom. The number of nitrogens with zero attached hydrogens (tertiary/aromatic N) is 2. The molecule has 6 heteroatoms. The van der Waals surface area contributed by atoms with Gasteiger partial charge in [0.25, 0.3) is 5.91 Å². The van der Waals surface area contributed by atoms with Gasteiger partial charge < -0.3 is 10.1 Å². The molecule has 1 unspecified atom stereocenters. The Balaban J connectivity index is 1.87. The molecule has 2 aromatic rings. The Morgan fingerprint density at radius 1 is 1.19 bits per heavy atom. The average molecular weight is 357 g/mol. The zero-order chi connectivity index (χ0) is 19.1. The highest BCUT2D eigenvalue weighted by atomic mass is 16.5. The van der Waals surface area contributed by atoms with Crippen LogP contribution in [0, 0.1) is 19.8 Å². The molecular weight excluding hydrogens is 330 g/mol. The van der Waals surface area contributed by atoms with E-state index < -0.39 is 5.97 Å². The highest BCUT2D eigenvalue weighted by Gasteiger charge is 2.17. The van der Waals surface area contributed by atoms with Gasteiger partial charge in [-0.1, -0.05) is 44.2 Å². The van der Waals surface area contributed by atoms with E-state index in [9.17, 15) is 9.59 Å². The first-order chi connectivity index (χ1) is 12.3. The lowest BCUT2D eigenvalue weighted by Crippen LogP contribution is -2.33. The lowest BCUT2D eigenvalue weighted by molar-refractivity contribution is -0.149. The minimum Gasteiger partial charge on any atom is -0.454 e. The van der Waals surface area contributed by atoms with E-state index in [-0.39, 0.29) is 25.1 Å². The van der Waals surface area contributed by atoms with E-state index in [2.05, 4.69) is 24.3 Å². The molecule has 1 amide bonds. The summed E-state index contributed by atoms with van der Waals surface area (Å²) in [6.07, 6.45) is 0.815. The predicted molar refractivity (Wildman–Crippen MR) is 99.4 cm³/mol. The summed E-state index contributed by atoms with van der Waals surface area (Å²) in [6, 6.07) is 11.6. The maximum atomic E-state index is 12.2. The van der Waals surface area contributed by atoms with Gasteiger partial charge in [0.1, 0.15) is 6.54 Å².